The Morgan fingerprint density at radius 1 is 1.11 bits per heavy atom. The number of fused-ring (bicyclic) bond motifs is 1. The highest BCUT2D eigenvalue weighted by atomic mass is 19.4. The largest absolute Gasteiger partial charge is 0.492 e. The highest BCUT2D eigenvalue weighted by Crippen LogP contribution is 2.32. The summed E-state index contributed by atoms with van der Waals surface area (Å²) in [6.07, 6.45) is -1.24. The van der Waals surface area contributed by atoms with Crippen LogP contribution in [0.3, 0.4) is 0 Å². The zero-order chi connectivity index (χ0) is 26.2. The highest BCUT2D eigenvalue weighted by molar-refractivity contribution is 5.90. The predicted octanol–water partition coefficient (Wildman–Crippen LogP) is 5.78. The van der Waals surface area contributed by atoms with Crippen LogP contribution in [0, 0.1) is 11.7 Å². The minimum Gasteiger partial charge on any atom is -0.492 e. The molecule has 1 saturated heterocycles. The molecule has 1 aliphatic rings. The van der Waals surface area contributed by atoms with Crippen molar-refractivity contribution in [1.82, 2.24) is 15.0 Å². The van der Waals surface area contributed by atoms with Crippen LogP contribution in [-0.2, 0) is 6.18 Å². The summed E-state index contributed by atoms with van der Waals surface area (Å²) in [4.78, 5) is 25.3. The van der Waals surface area contributed by atoms with Crippen LogP contribution < -0.4 is 9.64 Å². The number of hydrogen-bond donors (Lipinski definition) is 2. The molecule has 192 valence electrons. The number of aromatic carboxylic acids is 1. The number of H-pyrrole nitrogens is 1. The lowest BCUT2D eigenvalue weighted by atomic mass is 9.97. The number of ether oxygens (including phenoxy) is 1. The topological polar surface area (TPSA) is 91.3 Å². The second kappa shape index (κ2) is 9.72. The molecule has 11 heteroatoms. The summed E-state index contributed by atoms with van der Waals surface area (Å²) >= 11 is 0. The maximum absolute atomic E-state index is 13.5. The summed E-state index contributed by atoms with van der Waals surface area (Å²) in [5.74, 6) is -0.338. The molecule has 0 atom stereocenters. The van der Waals surface area contributed by atoms with Crippen molar-refractivity contribution < 1.29 is 32.2 Å². The number of benzene rings is 2. The molecule has 37 heavy (non-hydrogen) atoms. The van der Waals surface area contributed by atoms with Gasteiger partial charge in [-0.2, -0.15) is 13.2 Å². The molecule has 0 saturated carbocycles. The van der Waals surface area contributed by atoms with Crippen molar-refractivity contribution in [2.75, 3.05) is 24.6 Å². The van der Waals surface area contributed by atoms with E-state index in [1.807, 2.05) is 12.1 Å². The maximum atomic E-state index is 13.5. The number of alkyl halides is 3. The third-order valence-electron chi connectivity index (χ3n) is 6.42. The van der Waals surface area contributed by atoms with Crippen LogP contribution in [0.4, 0.5) is 23.4 Å². The normalized spacial score (nSPS) is 14.8. The van der Waals surface area contributed by atoms with Gasteiger partial charge in [0.15, 0.2) is 0 Å². The number of carboxylic acids is 1. The molecule has 0 amide bonds. The zero-order valence-corrected chi connectivity index (χ0v) is 19.4. The summed E-state index contributed by atoms with van der Waals surface area (Å²) in [5.41, 5.74) is 0.560. The van der Waals surface area contributed by atoms with Crippen LogP contribution in [0.5, 0.6) is 5.75 Å². The average Bonchev–Trinajstić information content (AvgIpc) is 3.31. The van der Waals surface area contributed by atoms with Gasteiger partial charge in [-0.05, 0) is 61.2 Å². The fourth-order valence-electron chi connectivity index (χ4n) is 4.36. The summed E-state index contributed by atoms with van der Waals surface area (Å²) in [6, 6.07) is 10.4. The van der Waals surface area contributed by atoms with Crippen LogP contribution >= 0.6 is 0 Å². The molecule has 1 fully saturated rings. The number of aromatic nitrogens is 3. The number of nitrogens with one attached hydrogen (secondary N) is 1. The Morgan fingerprint density at radius 3 is 2.57 bits per heavy atom. The van der Waals surface area contributed by atoms with Crippen LogP contribution in [0.15, 0.2) is 54.7 Å². The van der Waals surface area contributed by atoms with E-state index in [0.717, 1.165) is 42.9 Å². The average molecular weight is 514 g/mol. The molecule has 0 unspecified atom stereocenters. The Kier molecular flexibility index (Phi) is 6.45. The summed E-state index contributed by atoms with van der Waals surface area (Å²) in [5, 5.41) is 9.26. The number of piperidine rings is 1. The Bertz CT molecular complexity index is 1430. The molecule has 2 aromatic heterocycles. The van der Waals surface area contributed by atoms with Gasteiger partial charge in [-0.15, -0.1) is 0 Å². The molecule has 0 aliphatic carbocycles. The summed E-state index contributed by atoms with van der Waals surface area (Å²) in [6.45, 7) is 1.70. The highest BCUT2D eigenvalue weighted by Gasteiger charge is 2.31. The van der Waals surface area contributed by atoms with Crippen LogP contribution in [0.25, 0.3) is 22.4 Å². The summed E-state index contributed by atoms with van der Waals surface area (Å²) < 4.78 is 58.1. The lowest BCUT2D eigenvalue weighted by Gasteiger charge is -2.32. The molecule has 0 bridgehead atoms. The minimum atomic E-state index is -4.43. The van der Waals surface area contributed by atoms with E-state index in [-0.39, 0.29) is 29.4 Å². The fourth-order valence-corrected chi connectivity index (χ4v) is 4.36. The molecule has 0 radical (unpaired) electrons. The Hall–Kier alpha value is -4.15. The quantitative estimate of drug-likeness (QED) is 0.317. The molecule has 0 spiro atoms. The minimum absolute atomic E-state index is 0.0207. The van der Waals surface area contributed by atoms with Crippen molar-refractivity contribution in [3.8, 4) is 17.1 Å². The number of aromatic amines is 1. The first-order chi connectivity index (χ1) is 17.7. The number of nitrogens with zero attached hydrogens (tertiary/aromatic N) is 3. The molecule has 4 aromatic rings. The van der Waals surface area contributed by atoms with Crippen molar-refractivity contribution >= 4 is 22.8 Å². The predicted molar refractivity (Wildman–Crippen MR) is 128 cm³/mol. The Balaban J connectivity index is 1.20. The fraction of sp³-hybridized carbons (Fsp3) is 0.269. The first-order valence-electron chi connectivity index (χ1n) is 11.6. The van der Waals surface area contributed by atoms with Gasteiger partial charge >= 0.3 is 12.1 Å². The molecular formula is C26H22F4N4O3. The van der Waals surface area contributed by atoms with Gasteiger partial charge in [0, 0.05) is 30.9 Å². The lowest BCUT2D eigenvalue weighted by molar-refractivity contribution is -0.137. The molecule has 3 heterocycles. The van der Waals surface area contributed by atoms with E-state index >= 15 is 0 Å². The third-order valence-corrected chi connectivity index (χ3v) is 6.42. The number of carboxylic acid groups (broad SMARTS) is 1. The number of pyridine rings is 1. The van der Waals surface area contributed by atoms with Crippen molar-refractivity contribution in [1.29, 1.82) is 0 Å². The first-order valence-corrected chi connectivity index (χ1v) is 11.6. The first kappa shape index (κ1) is 24.5. The van der Waals surface area contributed by atoms with Crippen LogP contribution in [-0.4, -0.2) is 45.7 Å². The molecule has 2 aromatic carbocycles. The second-order valence-electron chi connectivity index (χ2n) is 8.91. The molecule has 1 aliphatic heterocycles. The van der Waals surface area contributed by atoms with Gasteiger partial charge in [0.05, 0.1) is 23.2 Å². The van der Waals surface area contributed by atoms with Crippen molar-refractivity contribution in [2.24, 2.45) is 5.92 Å². The van der Waals surface area contributed by atoms with Crippen LogP contribution in [0.1, 0.15) is 28.8 Å². The van der Waals surface area contributed by atoms with Gasteiger partial charge < -0.3 is 19.7 Å². The molecule has 2 N–H and O–H groups in total. The van der Waals surface area contributed by atoms with Gasteiger partial charge in [-0.25, -0.2) is 19.2 Å². The van der Waals surface area contributed by atoms with E-state index in [0.29, 0.717) is 30.0 Å². The lowest BCUT2D eigenvalue weighted by Crippen LogP contribution is -2.36. The monoisotopic (exact) mass is 514 g/mol. The maximum Gasteiger partial charge on any atom is 0.416 e. The van der Waals surface area contributed by atoms with Crippen LogP contribution in [0.2, 0.25) is 0 Å². The number of hydrogen-bond acceptors (Lipinski definition) is 5. The Morgan fingerprint density at radius 2 is 1.89 bits per heavy atom. The van der Waals surface area contributed by atoms with Gasteiger partial charge in [-0.3, -0.25) is 0 Å². The summed E-state index contributed by atoms with van der Waals surface area (Å²) in [7, 11) is 0. The standard InChI is InChI=1S/C26H22F4N4O3/c27-18-3-4-19(25(35)36)22(12-18)37-14-15-7-9-34(10-8-15)23-6-1-16(13-31-23)24-32-20-5-2-17(26(28,29)30)11-21(20)33-24/h1-6,11-13,15H,7-10,14H2,(H,32,33)(H,35,36). The van der Waals surface area contributed by atoms with Gasteiger partial charge in [0.1, 0.15) is 28.8 Å². The Labute approximate surface area is 208 Å². The number of anilines is 1. The van der Waals surface area contributed by atoms with E-state index in [9.17, 15) is 27.5 Å². The SMILES string of the molecule is O=C(O)c1ccc(F)cc1OCC1CCN(c2ccc(-c3nc4cc(C(F)(F)F)ccc4[nH]3)cn2)CC1. The van der Waals surface area contributed by atoms with E-state index in [4.69, 9.17) is 4.74 Å². The van der Waals surface area contributed by atoms with E-state index in [1.54, 1.807) is 6.20 Å². The second-order valence-corrected chi connectivity index (χ2v) is 8.91. The van der Waals surface area contributed by atoms with Gasteiger partial charge in [-0.1, -0.05) is 0 Å². The molecule has 7 nitrogen and oxygen atoms in total. The number of imidazole rings is 1. The molecular weight excluding hydrogens is 492 g/mol. The number of halogens is 4. The van der Waals surface area contributed by atoms with Gasteiger partial charge in [0.2, 0.25) is 0 Å². The van der Waals surface area contributed by atoms with E-state index < -0.39 is 23.5 Å². The third kappa shape index (κ3) is 5.35. The van der Waals surface area contributed by atoms with E-state index in [1.165, 1.54) is 12.1 Å². The van der Waals surface area contributed by atoms with Crippen molar-refractivity contribution in [2.45, 2.75) is 19.0 Å². The van der Waals surface area contributed by atoms with Crippen molar-refractivity contribution in [3.05, 3.63) is 71.7 Å². The number of rotatable bonds is 6. The zero-order valence-electron chi connectivity index (χ0n) is 19.4. The number of carbonyl (C=O) groups is 1. The molecule has 5 rings (SSSR count). The van der Waals surface area contributed by atoms with E-state index in [2.05, 4.69) is 19.9 Å². The van der Waals surface area contributed by atoms with Gasteiger partial charge in [0.25, 0.3) is 0 Å². The van der Waals surface area contributed by atoms with Crippen molar-refractivity contribution in [3.63, 3.8) is 0 Å². The smallest absolute Gasteiger partial charge is 0.416 e.